The van der Waals surface area contributed by atoms with E-state index in [1.807, 2.05) is 43.3 Å². The zero-order chi connectivity index (χ0) is 21.8. The molecule has 0 saturated carbocycles. The molecule has 4 rings (SSSR count). The van der Waals surface area contributed by atoms with E-state index in [-0.39, 0.29) is 19.4 Å². The second kappa shape index (κ2) is 8.87. The van der Waals surface area contributed by atoms with Crippen molar-refractivity contribution in [3.8, 4) is 17.1 Å². The molecule has 0 unspecified atom stereocenters. The van der Waals surface area contributed by atoms with Gasteiger partial charge in [-0.15, -0.1) is 0 Å². The quantitative estimate of drug-likeness (QED) is 0.323. The molecule has 0 saturated heterocycles. The van der Waals surface area contributed by atoms with Gasteiger partial charge in [0.25, 0.3) is 0 Å². The van der Waals surface area contributed by atoms with E-state index in [2.05, 4.69) is 4.98 Å². The number of carbonyl (C=O) groups is 1. The Labute approximate surface area is 178 Å². The van der Waals surface area contributed by atoms with E-state index < -0.39 is 11.6 Å². The molecule has 2 heterocycles. The van der Waals surface area contributed by atoms with Gasteiger partial charge in [-0.3, -0.25) is 4.79 Å². The fraction of sp³-hybridized carbons (Fsp3) is 0.208. The highest BCUT2D eigenvalue weighted by atomic mass is 16.5. The Morgan fingerprint density at radius 2 is 1.90 bits per heavy atom. The van der Waals surface area contributed by atoms with Crippen LogP contribution in [0, 0.1) is 6.92 Å². The van der Waals surface area contributed by atoms with Crippen LogP contribution in [0.2, 0.25) is 0 Å². The van der Waals surface area contributed by atoms with E-state index >= 15 is 0 Å². The van der Waals surface area contributed by atoms with E-state index in [1.54, 1.807) is 25.4 Å². The first-order valence-corrected chi connectivity index (χ1v) is 9.81. The number of aromatic nitrogens is 1. The molecule has 0 amide bonds. The summed E-state index contributed by atoms with van der Waals surface area (Å²) < 4.78 is 21.5. The molecule has 7 nitrogen and oxygen atoms in total. The molecule has 0 fully saturated rings. The second-order valence-corrected chi connectivity index (χ2v) is 7.00. The molecule has 4 aromatic rings. The topological polar surface area (TPSA) is 91.8 Å². The average molecular weight is 419 g/mol. The molecule has 31 heavy (non-hydrogen) atoms. The minimum Gasteiger partial charge on any atom is -0.497 e. The number of carbonyl (C=O) groups excluding carboxylic acids is 1. The number of methoxy groups -OCH3 is 1. The van der Waals surface area contributed by atoms with Gasteiger partial charge in [-0.2, -0.15) is 0 Å². The van der Waals surface area contributed by atoms with E-state index in [0.717, 1.165) is 16.5 Å². The van der Waals surface area contributed by atoms with Crippen LogP contribution in [0.15, 0.2) is 68.4 Å². The van der Waals surface area contributed by atoms with E-state index in [1.165, 1.54) is 0 Å². The fourth-order valence-electron chi connectivity index (χ4n) is 3.34. The molecule has 0 atom stereocenters. The lowest BCUT2D eigenvalue weighted by Crippen LogP contribution is -2.13. The SMILES string of the molecule is COc1ccc2c(C)c(CCC(=O)OCc3ncc(-c4ccccc4)o3)c(=O)oc2c1. The average Bonchev–Trinajstić information content (AvgIpc) is 3.27. The maximum atomic E-state index is 12.4. The predicted molar refractivity (Wildman–Crippen MR) is 114 cm³/mol. The molecule has 0 aliphatic rings. The fourth-order valence-corrected chi connectivity index (χ4v) is 3.34. The Bertz CT molecular complexity index is 1270. The molecule has 0 radical (unpaired) electrons. The van der Waals surface area contributed by atoms with Gasteiger partial charge < -0.3 is 18.3 Å². The van der Waals surface area contributed by atoms with Crippen LogP contribution in [0.3, 0.4) is 0 Å². The summed E-state index contributed by atoms with van der Waals surface area (Å²) in [5.41, 5.74) is 2.11. The van der Waals surface area contributed by atoms with Gasteiger partial charge in [0.05, 0.1) is 13.3 Å². The second-order valence-electron chi connectivity index (χ2n) is 7.00. The van der Waals surface area contributed by atoms with E-state index in [9.17, 15) is 9.59 Å². The smallest absolute Gasteiger partial charge is 0.339 e. The van der Waals surface area contributed by atoms with Crippen molar-refractivity contribution in [2.45, 2.75) is 26.4 Å². The maximum absolute atomic E-state index is 12.4. The number of ether oxygens (including phenoxy) is 2. The van der Waals surface area contributed by atoms with Crippen LogP contribution in [0.1, 0.15) is 23.4 Å². The molecular weight excluding hydrogens is 398 g/mol. The Morgan fingerprint density at radius 1 is 1.10 bits per heavy atom. The van der Waals surface area contributed by atoms with Gasteiger partial charge in [-0.1, -0.05) is 30.3 Å². The van der Waals surface area contributed by atoms with Crippen LogP contribution < -0.4 is 10.4 Å². The lowest BCUT2D eigenvalue weighted by molar-refractivity contribution is -0.145. The maximum Gasteiger partial charge on any atom is 0.339 e. The molecule has 158 valence electrons. The number of hydrogen-bond acceptors (Lipinski definition) is 7. The van der Waals surface area contributed by atoms with Crippen molar-refractivity contribution in [2.75, 3.05) is 7.11 Å². The first-order valence-electron chi connectivity index (χ1n) is 9.81. The predicted octanol–water partition coefficient (Wildman–Crippen LogP) is 4.44. The molecule has 0 bridgehead atoms. The van der Waals surface area contributed by atoms with Gasteiger partial charge in [-0.05, 0) is 31.0 Å². The number of fused-ring (bicyclic) bond motifs is 1. The Morgan fingerprint density at radius 3 is 2.68 bits per heavy atom. The third kappa shape index (κ3) is 4.50. The minimum absolute atomic E-state index is 0.0412. The highest BCUT2D eigenvalue weighted by Gasteiger charge is 2.15. The van der Waals surface area contributed by atoms with E-state index in [4.69, 9.17) is 18.3 Å². The highest BCUT2D eigenvalue weighted by Crippen LogP contribution is 2.24. The normalized spacial score (nSPS) is 10.9. The lowest BCUT2D eigenvalue weighted by atomic mass is 10.0. The van der Waals surface area contributed by atoms with Crippen LogP contribution in [0.25, 0.3) is 22.3 Å². The largest absolute Gasteiger partial charge is 0.497 e. The molecule has 2 aromatic carbocycles. The number of esters is 1. The zero-order valence-corrected chi connectivity index (χ0v) is 17.2. The van der Waals surface area contributed by atoms with Crippen LogP contribution in [0.5, 0.6) is 5.75 Å². The van der Waals surface area contributed by atoms with Crippen molar-refractivity contribution in [3.05, 3.63) is 82.2 Å². The van der Waals surface area contributed by atoms with Gasteiger partial charge >= 0.3 is 11.6 Å². The molecule has 0 aliphatic carbocycles. The standard InChI is InChI=1S/C24H21NO6/c1-15-18-9-8-17(28-2)12-20(18)31-24(27)19(15)10-11-23(26)29-14-22-25-13-21(30-22)16-6-4-3-5-7-16/h3-9,12-13H,10-11,14H2,1-2H3. The number of nitrogens with zero attached hydrogens (tertiary/aromatic N) is 1. The molecule has 7 heteroatoms. The molecule has 0 N–H and O–H groups in total. The van der Waals surface area contributed by atoms with Crippen molar-refractivity contribution >= 4 is 16.9 Å². The summed E-state index contributed by atoms with van der Waals surface area (Å²) in [5, 5.41) is 0.803. The summed E-state index contributed by atoms with van der Waals surface area (Å²) in [5.74, 6) is 1.07. The summed E-state index contributed by atoms with van der Waals surface area (Å²) in [6.07, 6.45) is 1.85. The van der Waals surface area contributed by atoms with E-state index in [0.29, 0.717) is 28.5 Å². The summed E-state index contributed by atoms with van der Waals surface area (Å²) >= 11 is 0. The van der Waals surface area contributed by atoms with Crippen LogP contribution in [-0.2, 0) is 22.6 Å². The van der Waals surface area contributed by atoms with Gasteiger partial charge in [0.2, 0.25) is 5.89 Å². The van der Waals surface area contributed by atoms with Crippen molar-refractivity contribution in [2.24, 2.45) is 0 Å². The summed E-state index contributed by atoms with van der Waals surface area (Å²) in [6, 6.07) is 14.8. The van der Waals surface area contributed by atoms with Crippen molar-refractivity contribution in [1.82, 2.24) is 4.98 Å². The van der Waals surface area contributed by atoms with Crippen LogP contribution in [0.4, 0.5) is 0 Å². The third-order valence-corrected chi connectivity index (χ3v) is 5.04. The highest BCUT2D eigenvalue weighted by molar-refractivity contribution is 5.82. The summed E-state index contributed by atoms with van der Waals surface area (Å²) in [4.78, 5) is 28.7. The monoisotopic (exact) mass is 419 g/mol. The first-order chi connectivity index (χ1) is 15.0. The first kappa shape index (κ1) is 20.4. The van der Waals surface area contributed by atoms with Crippen LogP contribution in [-0.4, -0.2) is 18.1 Å². The number of aryl methyl sites for hydroxylation is 1. The molecule has 0 aliphatic heterocycles. The number of oxazole rings is 1. The minimum atomic E-state index is -0.466. The number of benzene rings is 2. The van der Waals surface area contributed by atoms with Gasteiger partial charge in [-0.25, -0.2) is 9.78 Å². The van der Waals surface area contributed by atoms with Crippen molar-refractivity contribution in [1.29, 1.82) is 0 Å². The molecule has 2 aromatic heterocycles. The van der Waals surface area contributed by atoms with Crippen LogP contribution >= 0.6 is 0 Å². The molecular formula is C24H21NO6. The van der Waals surface area contributed by atoms with Crippen molar-refractivity contribution < 1.29 is 23.1 Å². The van der Waals surface area contributed by atoms with Gasteiger partial charge in [0.1, 0.15) is 11.3 Å². The Kier molecular flexibility index (Phi) is 5.84. The lowest BCUT2D eigenvalue weighted by Gasteiger charge is -2.08. The Balaban J connectivity index is 1.38. The molecule has 0 spiro atoms. The Hall–Kier alpha value is -3.87. The van der Waals surface area contributed by atoms with Gasteiger partial charge in [0, 0.05) is 29.0 Å². The zero-order valence-electron chi connectivity index (χ0n) is 17.2. The van der Waals surface area contributed by atoms with Crippen molar-refractivity contribution in [3.63, 3.8) is 0 Å². The van der Waals surface area contributed by atoms with Gasteiger partial charge in [0.15, 0.2) is 12.4 Å². The third-order valence-electron chi connectivity index (χ3n) is 5.04. The summed E-state index contributed by atoms with van der Waals surface area (Å²) in [6.45, 7) is 1.76. The summed E-state index contributed by atoms with van der Waals surface area (Å²) in [7, 11) is 1.55. The number of hydrogen-bond donors (Lipinski definition) is 0. The number of rotatable bonds is 7.